The van der Waals surface area contributed by atoms with Gasteiger partial charge < -0.3 is 22.1 Å². The molecular weight excluding hydrogens is 308 g/mol. The first kappa shape index (κ1) is 17.9. The Morgan fingerprint density at radius 1 is 1.14 bits per heavy atom. The van der Waals surface area contributed by atoms with E-state index in [0.717, 1.165) is 25.5 Å². The summed E-state index contributed by atoms with van der Waals surface area (Å²) >= 11 is 0. The van der Waals surface area contributed by atoms with E-state index in [2.05, 4.69) is 19.3 Å². The minimum Gasteiger partial charge on any atom is -0.369 e. The second-order valence-electron chi connectivity index (χ2n) is 4.88. The van der Waals surface area contributed by atoms with Crippen LogP contribution < -0.4 is 17.2 Å². The number of nitrogen functional groups attached to an aromatic ring is 2. The van der Waals surface area contributed by atoms with E-state index in [-0.39, 0.29) is 17.9 Å². The van der Waals surface area contributed by atoms with Crippen molar-refractivity contribution in [3.05, 3.63) is 5.82 Å². The van der Waals surface area contributed by atoms with Gasteiger partial charge in [0.2, 0.25) is 17.9 Å². The largest absolute Gasteiger partial charge is 0.369 e. The van der Waals surface area contributed by atoms with Crippen LogP contribution in [-0.2, 0) is 16.4 Å². The molecule has 0 aliphatic carbocycles. The normalized spacial score (nSPS) is 12.4. The SMILES string of the molecule is CN(CCCCCc1nc(N)nc(N)n1)C(N)=NS(C)(=O)=O. The number of nitrogens with zero attached hydrogens (tertiary/aromatic N) is 5. The maximum atomic E-state index is 11.0. The predicted molar refractivity (Wildman–Crippen MR) is 85.3 cm³/mol. The van der Waals surface area contributed by atoms with Crippen LogP contribution in [-0.4, -0.2) is 54.1 Å². The van der Waals surface area contributed by atoms with Crippen molar-refractivity contribution in [2.75, 3.05) is 31.3 Å². The van der Waals surface area contributed by atoms with Crippen molar-refractivity contribution in [1.82, 2.24) is 19.9 Å². The molecular formula is C11H22N8O2S. The van der Waals surface area contributed by atoms with Gasteiger partial charge in [0.15, 0.2) is 0 Å². The number of aryl methyl sites for hydroxylation is 1. The highest BCUT2D eigenvalue weighted by Gasteiger charge is 2.06. The molecule has 0 saturated carbocycles. The molecule has 0 atom stereocenters. The molecule has 0 spiro atoms. The third kappa shape index (κ3) is 7.02. The molecule has 10 nitrogen and oxygen atoms in total. The Kier molecular flexibility index (Phi) is 6.28. The van der Waals surface area contributed by atoms with Crippen molar-refractivity contribution in [2.24, 2.45) is 10.1 Å². The molecule has 0 saturated heterocycles. The highest BCUT2D eigenvalue weighted by Crippen LogP contribution is 2.05. The van der Waals surface area contributed by atoms with Crippen LogP contribution in [0.1, 0.15) is 25.1 Å². The van der Waals surface area contributed by atoms with E-state index in [1.165, 1.54) is 0 Å². The van der Waals surface area contributed by atoms with Crippen LogP contribution in [0.3, 0.4) is 0 Å². The van der Waals surface area contributed by atoms with Gasteiger partial charge in [0, 0.05) is 20.0 Å². The molecule has 0 aliphatic heterocycles. The molecule has 11 heteroatoms. The van der Waals surface area contributed by atoms with E-state index in [9.17, 15) is 8.42 Å². The minimum absolute atomic E-state index is 0.0134. The predicted octanol–water partition coefficient (Wildman–Crippen LogP) is -1.05. The number of hydrogen-bond donors (Lipinski definition) is 3. The van der Waals surface area contributed by atoms with Gasteiger partial charge in [0.25, 0.3) is 10.0 Å². The summed E-state index contributed by atoms with van der Waals surface area (Å²) in [5.74, 6) is 0.788. The third-order valence-corrected chi connectivity index (χ3v) is 3.28. The molecule has 1 aromatic rings. The first-order valence-corrected chi connectivity index (χ1v) is 8.54. The Morgan fingerprint density at radius 3 is 2.27 bits per heavy atom. The van der Waals surface area contributed by atoms with Crippen LogP contribution in [0.25, 0.3) is 0 Å². The molecule has 1 aromatic heterocycles. The van der Waals surface area contributed by atoms with Crippen LogP contribution in [0.15, 0.2) is 4.40 Å². The van der Waals surface area contributed by atoms with Gasteiger partial charge in [-0.25, -0.2) is 8.42 Å². The Labute approximate surface area is 129 Å². The smallest absolute Gasteiger partial charge is 0.253 e. The van der Waals surface area contributed by atoms with E-state index in [4.69, 9.17) is 17.2 Å². The molecule has 124 valence electrons. The van der Waals surface area contributed by atoms with Gasteiger partial charge in [-0.1, -0.05) is 6.42 Å². The van der Waals surface area contributed by atoms with Crippen molar-refractivity contribution in [3.8, 4) is 0 Å². The zero-order valence-corrected chi connectivity index (χ0v) is 13.5. The number of rotatable bonds is 7. The van der Waals surface area contributed by atoms with Crippen molar-refractivity contribution in [1.29, 1.82) is 0 Å². The summed E-state index contributed by atoms with van der Waals surface area (Å²) in [7, 11) is -1.78. The van der Waals surface area contributed by atoms with Gasteiger partial charge in [0.05, 0.1) is 6.26 Å². The number of nitrogens with two attached hydrogens (primary N) is 3. The summed E-state index contributed by atoms with van der Waals surface area (Å²) in [6.45, 7) is 0.604. The first-order valence-electron chi connectivity index (χ1n) is 6.70. The standard InChI is InChI=1S/C11H22N8O2S/c1-19(11(14)18-22(2,20)21)7-5-3-4-6-8-15-9(12)17-10(13)16-8/h3-7H2,1-2H3,(H2,14,18)(H4,12,13,15,16,17). The van der Waals surface area contributed by atoms with Crippen LogP contribution in [0.4, 0.5) is 11.9 Å². The van der Waals surface area contributed by atoms with Gasteiger partial charge in [-0.2, -0.15) is 15.0 Å². The Hall–Kier alpha value is -2.17. The van der Waals surface area contributed by atoms with Gasteiger partial charge >= 0.3 is 0 Å². The number of hydrogen-bond acceptors (Lipinski definition) is 7. The zero-order valence-electron chi connectivity index (χ0n) is 12.7. The number of aromatic nitrogens is 3. The number of anilines is 2. The van der Waals surface area contributed by atoms with E-state index in [0.29, 0.717) is 18.8 Å². The molecule has 1 heterocycles. The second kappa shape index (κ2) is 7.73. The molecule has 0 radical (unpaired) electrons. The molecule has 22 heavy (non-hydrogen) atoms. The van der Waals surface area contributed by atoms with Gasteiger partial charge in [0.1, 0.15) is 5.82 Å². The highest BCUT2D eigenvalue weighted by atomic mass is 32.2. The fraction of sp³-hybridized carbons (Fsp3) is 0.636. The lowest BCUT2D eigenvalue weighted by molar-refractivity contribution is 0.467. The topological polar surface area (TPSA) is 166 Å². The van der Waals surface area contributed by atoms with Crippen LogP contribution in [0, 0.1) is 0 Å². The quantitative estimate of drug-likeness (QED) is 0.321. The average molecular weight is 330 g/mol. The lowest BCUT2D eigenvalue weighted by atomic mass is 10.2. The van der Waals surface area contributed by atoms with Crippen molar-refractivity contribution >= 4 is 27.9 Å². The maximum absolute atomic E-state index is 11.0. The Balaban J connectivity index is 2.32. The van der Waals surface area contributed by atoms with Gasteiger partial charge in [-0.15, -0.1) is 4.40 Å². The van der Waals surface area contributed by atoms with Crippen molar-refractivity contribution in [3.63, 3.8) is 0 Å². The van der Waals surface area contributed by atoms with E-state index in [1.807, 2.05) is 0 Å². The number of sulfonamides is 1. The highest BCUT2D eigenvalue weighted by molar-refractivity contribution is 7.89. The molecule has 0 unspecified atom stereocenters. The zero-order chi connectivity index (χ0) is 16.8. The Bertz CT molecular complexity index is 611. The summed E-state index contributed by atoms with van der Waals surface area (Å²) in [6.07, 6.45) is 4.21. The van der Waals surface area contributed by atoms with Gasteiger partial charge in [-0.3, -0.25) is 0 Å². The average Bonchev–Trinajstić information content (AvgIpc) is 2.34. The van der Waals surface area contributed by atoms with E-state index < -0.39 is 10.0 Å². The molecule has 0 aliphatic rings. The minimum atomic E-state index is -3.47. The Morgan fingerprint density at radius 2 is 1.73 bits per heavy atom. The summed E-state index contributed by atoms with van der Waals surface area (Å²) < 4.78 is 25.4. The lowest BCUT2D eigenvalue weighted by Gasteiger charge is -2.17. The molecule has 0 bridgehead atoms. The summed E-state index contributed by atoms with van der Waals surface area (Å²) in [5.41, 5.74) is 16.6. The first-order chi connectivity index (χ1) is 10.2. The van der Waals surface area contributed by atoms with E-state index >= 15 is 0 Å². The monoisotopic (exact) mass is 330 g/mol. The van der Waals surface area contributed by atoms with E-state index in [1.54, 1.807) is 11.9 Å². The lowest BCUT2D eigenvalue weighted by Crippen LogP contribution is -2.35. The van der Waals surface area contributed by atoms with Crippen LogP contribution in [0.2, 0.25) is 0 Å². The molecule has 1 rings (SSSR count). The summed E-state index contributed by atoms with van der Waals surface area (Å²) in [4.78, 5) is 13.3. The fourth-order valence-electron chi connectivity index (χ4n) is 1.73. The van der Waals surface area contributed by atoms with Crippen LogP contribution >= 0.6 is 0 Å². The molecule has 0 fully saturated rings. The summed E-state index contributed by atoms with van der Waals surface area (Å²) in [6, 6.07) is 0. The molecule has 0 aromatic carbocycles. The fourth-order valence-corrected chi connectivity index (χ4v) is 2.21. The second-order valence-corrected chi connectivity index (χ2v) is 6.53. The number of unbranched alkanes of at least 4 members (excludes halogenated alkanes) is 2. The summed E-state index contributed by atoms with van der Waals surface area (Å²) in [5, 5.41) is 0. The van der Waals surface area contributed by atoms with Crippen molar-refractivity contribution in [2.45, 2.75) is 25.7 Å². The van der Waals surface area contributed by atoms with Gasteiger partial charge in [-0.05, 0) is 12.8 Å². The number of guanidine groups is 1. The molecule has 0 amide bonds. The maximum Gasteiger partial charge on any atom is 0.253 e. The van der Waals surface area contributed by atoms with Crippen molar-refractivity contribution < 1.29 is 8.42 Å². The third-order valence-electron chi connectivity index (χ3n) is 2.76. The van der Waals surface area contributed by atoms with Crippen LogP contribution in [0.5, 0.6) is 0 Å². The molecule has 6 N–H and O–H groups in total.